The molecule has 0 saturated carbocycles. The van der Waals surface area contributed by atoms with E-state index in [4.69, 9.17) is 10.00 Å². The second-order valence-corrected chi connectivity index (χ2v) is 3.42. The van der Waals surface area contributed by atoms with Gasteiger partial charge < -0.3 is 10.1 Å². The van der Waals surface area contributed by atoms with Crippen LogP contribution in [0, 0.1) is 11.3 Å². The van der Waals surface area contributed by atoms with Crippen LogP contribution in [0.4, 0.5) is 4.79 Å². The molecule has 1 rings (SSSR count). The third-order valence-electron chi connectivity index (χ3n) is 1.97. The molecule has 0 radical (unpaired) electrons. The van der Waals surface area contributed by atoms with Gasteiger partial charge in [-0.1, -0.05) is 30.3 Å². The van der Waals surface area contributed by atoms with Gasteiger partial charge in [0.1, 0.15) is 6.10 Å². The first-order valence-corrected chi connectivity index (χ1v) is 5.07. The van der Waals surface area contributed by atoms with Gasteiger partial charge in [-0.05, 0) is 12.5 Å². The number of hydrogen-bond acceptors (Lipinski definition) is 3. The Kier molecular flexibility index (Phi) is 4.87. The third kappa shape index (κ3) is 4.47. The quantitative estimate of drug-likeness (QED) is 0.842. The number of rotatable bonds is 4. The molecule has 0 spiro atoms. The Morgan fingerprint density at radius 3 is 2.81 bits per heavy atom. The molecular weight excluding hydrogens is 204 g/mol. The number of nitrogens with one attached hydrogen (secondary N) is 1. The molecule has 0 aromatic heterocycles. The van der Waals surface area contributed by atoms with E-state index >= 15 is 0 Å². The van der Waals surface area contributed by atoms with Crippen LogP contribution in [0.15, 0.2) is 30.3 Å². The fourth-order valence-electron chi connectivity index (χ4n) is 1.16. The second kappa shape index (κ2) is 6.46. The van der Waals surface area contributed by atoms with Gasteiger partial charge in [0.15, 0.2) is 0 Å². The number of ether oxygens (including phenoxy) is 1. The number of carbonyl (C=O) groups excluding carboxylic acids is 1. The van der Waals surface area contributed by atoms with Crippen LogP contribution < -0.4 is 5.32 Å². The summed E-state index contributed by atoms with van der Waals surface area (Å²) in [5.41, 5.74) is 1.01. The number of carbonyl (C=O) groups is 1. The Morgan fingerprint density at radius 2 is 2.19 bits per heavy atom. The predicted octanol–water partition coefficient (Wildman–Crippen LogP) is 2.21. The first kappa shape index (κ1) is 12.1. The molecular formula is C12H14N2O2. The first-order chi connectivity index (χ1) is 7.72. The summed E-state index contributed by atoms with van der Waals surface area (Å²) >= 11 is 0. The second-order valence-electron chi connectivity index (χ2n) is 3.42. The van der Waals surface area contributed by atoms with Crippen LogP contribution in [0.2, 0.25) is 0 Å². The largest absolute Gasteiger partial charge is 0.445 e. The van der Waals surface area contributed by atoms with Crippen molar-refractivity contribution in [3.05, 3.63) is 35.9 Å². The highest BCUT2D eigenvalue weighted by Gasteiger charge is 2.07. The molecule has 0 bridgehead atoms. The molecule has 84 valence electrons. The summed E-state index contributed by atoms with van der Waals surface area (Å²) in [5.74, 6) is 0. The predicted molar refractivity (Wildman–Crippen MR) is 59.5 cm³/mol. The van der Waals surface area contributed by atoms with E-state index in [9.17, 15) is 4.79 Å². The van der Waals surface area contributed by atoms with Gasteiger partial charge in [0.25, 0.3) is 0 Å². The molecule has 4 nitrogen and oxygen atoms in total. The van der Waals surface area contributed by atoms with Crippen molar-refractivity contribution in [2.45, 2.75) is 26.0 Å². The van der Waals surface area contributed by atoms with Crippen molar-refractivity contribution in [3.8, 4) is 6.07 Å². The van der Waals surface area contributed by atoms with Crippen molar-refractivity contribution in [3.63, 3.8) is 0 Å². The van der Waals surface area contributed by atoms with E-state index < -0.39 is 6.09 Å². The lowest BCUT2D eigenvalue weighted by molar-refractivity contribution is 0.108. The maximum Gasteiger partial charge on any atom is 0.407 e. The van der Waals surface area contributed by atoms with Crippen LogP contribution >= 0.6 is 0 Å². The van der Waals surface area contributed by atoms with Crippen molar-refractivity contribution >= 4 is 6.09 Å². The van der Waals surface area contributed by atoms with E-state index in [2.05, 4.69) is 5.32 Å². The van der Waals surface area contributed by atoms with Crippen molar-refractivity contribution in [2.24, 2.45) is 0 Å². The smallest absolute Gasteiger partial charge is 0.407 e. The number of nitriles is 1. The molecule has 0 fully saturated rings. The standard InChI is InChI=1S/C12H14N2O2/c1-10(7-8-13)16-12(15)14-9-11-5-3-2-4-6-11/h2-6,10H,7,9H2,1H3,(H,14,15)/t10-/m1/s1. The number of nitrogens with zero attached hydrogens (tertiary/aromatic N) is 1. The molecule has 1 atom stereocenters. The molecule has 0 aliphatic heterocycles. The van der Waals surface area contributed by atoms with Crippen LogP contribution in [0.3, 0.4) is 0 Å². The van der Waals surface area contributed by atoms with Crippen molar-refractivity contribution in [2.75, 3.05) is 0 Å². The highest BCUT2D eigenvalue weighted by atomic mass is 16.6. The normalized spacial score (nSPS) is 11.2. The maximum absolute atomic E-state index is 11.3. The Balaban J connectivity index is 2.28. The summed E-state index contributed by atoms with van der Waals surface area (Å²) in [5, 5.41) is 11.0. The minimum atomic E-state index is -0.494. The van der Waals surface area contributed by atoms with E-state index in [1.807, 2.05) is 36.4 Å². The summed E-state index contributed by atoms with van der Waals surface area (Å²) < 4.78 is 4.94. The van der Waals surface area contributed by atoms with Gasteiger partial charge in [-0.25, -0.2) is 4.79 Å². The zero-order valence-electron chi connectivity index (χ0n) is 9.14. The zero-order valence-corrected chi connectivity index (χ0v) is 9.14. The monoisotopic (exact) mass is 218 g/mol. The number of amides is 1. The van der Waals surface area contributed by atoms with E-state index in [1.54, 1.807) is 6.92 Å². The summed E-state index contributed by atoms with van der Waals surface area (Å²) in [7, 11) is 0. The molecule has 1 N–H and O–H groups in total. The van der Waals surface area contributed by atoms with Gasteiger partial charge in [0, 0.05) is 6.54 Å². The van der Waals surface area contributed by atoms with Crippen LogP contribution in [-0.4, -0.2) is 12.2 Å². The Morgan fingerprint density at radius 1 is 1.50 bits per heavy atom. The van der Waals surface area contributed by atoms with Crippen LogP contribution in [0.1, 0.15) is 18.9 Å². The average molecular weight is 218 g/mol. The van der Waals surface area contributed by atoms with Gasteiger partial charge in [-0.15, -0.1) is 0 Å². The molecule has 0 unspecified atom stereocenters. The molecule has 1 aromatic carbocycles. The summed E-state index contributed by atoms with van der Waals surface area (Å²) in [4.78, 5) is 11.3. The minimum Gasteiger partial charge on any atom is -0.445 e. The average Bonchev–Trinajstić information content (AvgIpc) is 2.28. The fourth-order valence-corrected chi connectivity index (χ4v) is 1.16. The Labute approximate surface area is 94.8 Å². The molecule has 4 heteroatoms. The lowest BCUT2D eigenvalue weighted by Gasteiger charge is -2.10. The van der Waals surface area contributed by atoms with E-state index in [1.165, 1.54) is 0 Å². The van der Waals surface area contributed by atoms with Crippen LogP contribution in [-0.2, 0) is 11.3 Å². The molecule has 16 heavy (non-hydrogen) atoms. The minimum absolute atomic E-state index is 0.207. The fraction of sp³-hybridized carbons (Fsp3) is 0.333. The highest BCUT2D eigenvalue weighted by Crippen LogP contribution is 1.99. The first-order valence-electron chi connectivity index (χ1n) is 5.07. The van der Waals surface area contributed by atoms with Gasteiger partial charge >= 0.3 is 6.09 Å². The molecule has 0 aliphatic rings. The van der Waals surface area contributed by atoms with Gasteiger partial charge in [0.05, 0.1) is 12.5 Å². The zero-order chi connectivity index (χ0) is 11.8. The maximum atomic E-state index is 11.3. The lowest BCUT2D eigenvalue weighted by Crippen LogP contribution is -2.27. The molecule has 0 heterocycles. The number of alkyl carbamates (subject to hydrolysis) is 1. The lowest BCUT2D eigenvalue weighted by atomic mass is 10.2. The van der Waals surface area contributed by atoms with Gasteiger partial charge in [0.2, 0.25) is 0 Å². The van der Waals surface area contributed by atoms with Crippen molar-refractivity contribution in [1.82, 2.24) is 5.32 Å². The van der Waals surface area contributed by atoms with Gasteiger partial charge in [-0.3, -0.25) is 0 Å². The van der Waals surface area contributed by atoms with E-state index in [0.717, 1.165) is 5.56 Å². The topological polar surface area (TPSA) is 62.1 Å². The molecule has 1 amide bonds. The molecule has 1 aromatic rings. The Bertz CT molecular complexity index is 370. The summed E-state index contributed by atoms with van der Waals surface area (Å²) in [6.07, 6.45) is -0.661. The van der Waals surface area contributed by atoms with E-state index in [-0.39, 0.29) is 12.5 Å². The SMILES string of the molecule is C[C@H](CC#N)OC(=O)NCc1ccccc1. The molecule has 0 saturated heterocycles. The van der Waals surface area contributed by atoms with Crippen molar-refractivity contribution < 1.29 is 9.53 Å². The van der Waals surface area contributed by atoms with Crippen molar-refractivity contribution in [1.29, 1.82) is 5.26 Å². The third-order valence-corrected chi connectivity index (χ3v) is 1.97. The summed E-state index contributed by atoms with van der Waals surface area (Å²) in [6, 6.07) is 11.5. The van der Waals surface area contributed by atoms with Crippen LogP contribution in [0.5, 0.6) is 0 Å². The highest BCUT2D eigenvalue weighted by molar-refractivity contribution is 5.67. The van der Waals surface area contributed by atoms with E-state index in [0.29, 0.717) is 6.54 Å². The summed E-state index contributed by atoms with van der Waals surface area (Å²) in [6.45, 7) is 2.12. The van der Waals surface area contributed by atoms with Gasteiger partial charge in [-0.2, -0.15) is 5.26 Å². The molecule has 0 aliphatic carbocycles. The van der Waals surface area contributed by atoms with Crippen LogP contribution in [0.25, 0.3) is 0 Å². The number of benzene rings is 1. The number of hydrogen-bond donors (Lipinski definition) is 1. The Hall–Kier alpha value is -2.02.